The van der Waals surface area contributed by atoms with E-state index >= 15 is 0 Å². The molecule has 0 atom stereocenters. The maximum absolute atomic E-state index is 11.1. The average Bonchev–Trinajstić information content (AvgIpc) is 1.66. The Labute approximate surface area is 46.0 Å². The van der Waals surface area contributed by atoms with Crippen molar-refractivity contribution in [1.82, 2.24) is 0 Å². The average molecular weight is 119 g/mol. The highest BCUT2D eigenvalue weighted by molar-refractivity contribution is 5.50. The van der Waals surface area contributed by atoms with Crippen LogP contribution >= 0.6 is 0 Å². The summed E-state index contributed by atoms with van der Waals surface area (Å²) in [5.41, 5.74) is 0. The second-order valence-electron chi connectivity index (χ2n) is 1.18. The first kappa shape index (κ1) is 7.27. The van der Waals surface area contributed by atoms with Crippen LogP contribution in [0, 0.1) is 0 Å². The lowest BCUT2D eigenvalue weighted by molar-refractivity contribution is 0.417. The van der Waals surface area contributed by atoms with Gasteiger partial charge in [0.1, 0.15) is 0 Å². The number of hydrogen-bond acceptors (Lipinski definition) is 1. The van der Waals surface area contributed by atoms with Gasteiger partial charge in [0.25, 0.3) is 6.08 Å². The smallest absolute Gasteiger partial charge is 0.266 e. The molecule has 0 saturated carbocycles. The van der Waals surface area contributed by atoms with E-state index < -0.39 is 6.08 Å². The number of carbonyl (C=O) groups excluding carboxylic acids is 1. The van der Waals surface area contributed by atoms with E-state index in [1.54, 1.807) is 0 Å². The molecule has 0 saturated heterocycles. The predicted octanol–water partition coefficient (Wildman–Crippen LogP) is 1.66. The van der Waals surface area contributed by atoms with Gasteiger partial charge in [0.15, 0.2) is 6.29 Å². The molecule has 8 heavy (non-hydrogen) atoms. The van der Waals surface area contributed by atoms with Gasteiger partial charge in [-0.15, -0.1) is 0 Å². The molecule has 0 heterocycles. The quantitative estimate of drug-likeness (QED) is 0.516. The Hall–Kier alpha value is -0.730. The van der Waals surface area contributed by atoms with Crippen molar-refractivity contribution in [1.29, 1.82) is 0 Å². The van der Waals surface area contributed by atoms with Crippen molar-refractivity contribution in [2.24, 2.45) is 0 Å². The molecule has 3 heteroatoms. The van der Waals surface area contributed by atoms with Gasteiger partial charge in [-0.05, 0) is 12.5 Å². The van der Waals surface area contributed by atoms with Crippen molar-refractivity contribution in [3.8, 4) is 0 Å². The van der Waals surface area contributed by atoms with Crippen LogP contribution in [-0.2, 0) is 4.79 Å². The zero-order chi connectivity index (χ0) is 6.41. The number of halogens is 2. The fraction of sp³-hybridized carbons (Fsp3) is 0.400. The molecule has 0 aromatic rings. The van der Waals surface area contributed by atoms with Crippen LogP contribution in [0.4, 0.5) is 8.78 Å². The van der Waals surface area contributed by atoms with E-state index in [4.69, 9.17) is 0 Å². The van der Waals surface area contributed by atoms with Gasteiger partial charge < -0.3 is 0 Å². The van der Waals surface area contributed by atoms with Gasteiger partial charge in [-0.25, -0.2) is 0 Å². The molecule has 0 fully saturated rings. The zero-order valence-electron chi connectivity index (χ0n) is 4.16. The Balaban J connectivity index is 3.15. The third-order valence-corrected chi connectivity index (χ3v) is 0.545. The van der Waals surface area contributed by atoms with E-state index in [2.05, 4.69) is 0 Å². The third-order valence-electron chi connectivity index (χ3n) is 0.545. The molecule has 0 unspecified atom stereocenters. The highest BCUT2D eigenvalue weighted by atomic mass is 19.3. The molecular formula is C5H5F2O. The molecular weight excluding hydrogens is 114 g/mol. The van der Waals surface area contributed by atoms with E-state index in [0.29, 0.717) is 6.08 Å². The molecule has 0 rings (SSSR count). The summed E-state index contributed by atoms with van der Waals surface area (Å²) in [6, 6.07) is 0. The van der Waals surface area contributed by atoms with Crippen molar-refractivity contribution in [2.75, 3.05) is 0 Å². The van der Waals surface area contributed by atoms with Crippen molar-refractivity contribution >= 4 is 6.29 Å². The van der Waals surface area contributed by atoms with Crippen LogP contribution in [0.2, 0.25) is 0 Å². The van der Waals surface area contributed by atoms with Crippen LogP contribution in [0.15, 0.2) is 12.2 Å². The van der Waals surface area contributed by atoms with Gasteiger partial charge in [0, 0.05) is 6.42 Å². The van der Waals surface area contributed by atoms with Crippen molar-refractivity contribution < 1.29 is 13.6 Å². The highest BCUT2D eigenvalue weighted by Gasteiger charge is 1.85. The number of unbranched alkanes of at least 4 members (excludes halogenated alkanes) is 1. The molecule has 1 radical (unpaired) electrons. The molecule has 0 N–H and O–H groups in total. The lowest BCUT2D eigenvalue weighted by Crippen LogP contribution is -1.70. The monoisotopic (exact) mass is 119 g/mol. The summed E-state index contributed by atoms with van der Waals surface area (Å²) in [4.78, 5) is 9.39. The van der Waals surface area contributed by atoms with E-state index in [1.165, 1.54) is 6.29 Å². The Morgan fingerprint density at radius 2 is 2.25 bits per heavy atom. The lowest BCUT2D eigenvalue weighted by atomic mass is 10.3. The molecule has 0 amide bonds. The second-order valence-corrected chi connectivity index (χ2v) is 1.18. The fourth-order valence-corrected chi connectivity index (χ4v) is 0.240. The summed E-state index contributed by atoms with van der Waals surface area (Å²) in [5, 5.41) is 0. The normalized spacial score (nSPS) is 8.25. The Morgan fingerprint density at radius 1 is 1.62 bits per heavy atom. The largest absolute Gasteiger partial charge is 0.291 e. The molecule has 1 nitrogen and oxygen atoms in total. The second kappa shape index (κ2) is 4.43. The Bertz CT molecular complexity index is 94.6. The molecule has 0 aliphatic rings. The minimum absolute atomic E-state index is 0.0529. The van der Waals surface area contributed by atoms with Crippen molar-refractivity contribution in [3.63, 3.8) is 0 Å². The van der Waals surface area contributed by atoms with Crippen LogP contribution in [0.5, 0.6) is 0 Å². The van der Waals surface area contributed by atoms with E-state index in [1.807, 2.05) is 0 Å². The standard InChI is InChI=1S/C5H5F2O/c6-5(7)3-1-2-4-8/h3H,1-2H2. The minimum Gasteiger partial charge on any atom is -0.291 e. The van der Waals surface area contributed by atoms with Crippen LogP contribution in [0.1, 0.15) is 12.8 Å². The molecule has 45 valence electrons. The van der Waals surface area contributed by atoms with Crippen LogP contribution in [-0.4, -0.2) is 6.29 Å². The van der Waals surface area contributed by atoms with Gasteiger partial charge in [-0.3, -0.25) is 4.79 Å². The summed E-state index contributed by atoms with van der Waals surface area (Å²) < 4.78 is 22.2. The van der Waals surface area contributed by atoms with Gasteiger partial charge in [-0.2, -0.15) is 8.78 Å². The van der Waals surface area contributed by atoms with Crippen LogP contribution in [0.3, 0.4) is 0 Å². The van der Waals surface area contributed by atoms with E-state index in [0.717, 1.165) is 0 Å². The number of hydrogen-bond donors (Lipinski definition) is 0. The SMILES string of the molecule is O=[C]CCC=C(F)F. The summed E-state index contributed by atoms with van der Waals surface area (Å²) in [6.07, 6.45) is 0.601. The van der Waals surface area contributed by atoms with Gasteiger partial charge >= 0.3 is 0 Å². The molecule has 0 aromatic heterocycles. The van der Waals surface area contributed by atoms with Crippen molar-refractivity contribution in [3.05, 3.63) is 12.2 Å². The van der Waals surface area contributed by atoms with Gasteiger partial charge in [-0.1, -0.05) is 0 Å². The topological polar surface area (TPSA) is 17.1 Å². The third kappa shape index (κ3) is 5.27. The molecule has 0 aromatic carbocycles. The maximum atomic E-state index is 11.1. The van der Waals surface area contributed by atoms with Gasteiger partial charge in [0.2, 0.25) is 0 Å². The summed E-state index contributed by atoms with van der Waals surface area (Å²) in [6.45, 7) is 0. The minimum atomic E-state index is -1.74. The lowest BCUT2D eigenvalue weighted by Gasteiger charge is -1.77. The number of rotatable bonds is 3. The summed E-state index contributed by atoms with van der Waals surface area (Å²) >= 11 is 0. The molecule has 0 aliphatic carbocycles. The zero-order valence-corrected chi connectivity index (χ0v) is 4.16. The Morgan fingerprint density at radius 3 is 2.62 bits per heavy atom. The highest BCUT2D eigenvalue weighted by Crippen LogP contribution is 1.99. The Kier molecular flexibility index (Phi) is 4.03. The predicted molar refractivity (Wildman–Crippen MR) is 25.2 cm³/mol. The summed E-state index contributed by atoms with van der Waals surface area (Å²) in [5.74, 6) is 0. The van der Waals surface area contributed by atoms with Crippen LogP contribution < -0.4 is 0 Å². The van der Waals surface area contributed by atoms with E-state index in [-0.39, 0.29) is 12.8 Å². The molecule has 0 bridgehead atoms. The van der Waals surface area contributed by atoms with Crippen molar-refractivity contribution in [2.45, 2.75) is 12.8 Å². The fourth-order valence-electron chi connectivity index (χ4n) is 0.240. The first-order valence-electron chi connectivity index (χ1n) is 2.13. The maximum Gasteiger partial charge on any atom is 0.266 e. The molecule has 0 aliphatic heterocycles. The van der Waals surface area contributed by atoms with Gasteiger partial charge in [0.05, 0.1) is 0 Å². The number of allylic oxidation sites excluding steroid dienone is 1. The first-order chi connectivity index (χ1) is 3.77. The summed E-state index contributed by atoms with van der Waals surface area (Å²) in [7, 11) is 0. The molecule has 0 spiro atoms. The van der Waals surface area contributed by atoms with E-state index in [9.17, 15) is 13.6 Å². The van der Waals surface area contributed by atoms with Crippen LogP contribution in [0.25, 0.3) is 0 Å². The first-order valence-corrected chi connectivity index (χ1v) is 2.13.